The van der Waals surface area contributed by atoms with Crippen LogP contribution in [0.1, 0.15) is 20.7 Å². The molecule has 0 heterocycles. The lowest BCUT2D eigenvalue weighted by Gasteiger charge is -2.19. The first kappa shape index (κ1) is 20.3. The van der Waals surface area contributed by atoms with Crippen LogP contribution in [-0.4, -0.2) is 33.8 Å². The Labute approximate surface area is 169 Å². The molecule has 0 fully saturated rings. The summed E-state index contributed by atoms with van der Waals surface area (Å²) in [6, 6.07) is 22.6. The standard InChI is InChI=1S/C22H19NO5S/c1-23(19-10-6-3-7-11-19)29(26,27)20-14-12-18(13-15-20)22(25)28-16-21(24)17-8-4-2-5-9-17/h2-15H,16H2,1H3. The van der Waals surface area contributed by atoms with Crippen molar-refractivity contribution in [3.05, 3.63) is 96.1 Å². The van der Waals surface area contributed by atoms with E-state index in [0.29, 0.717) is 11.3 Å². The predicted octanol–water partition coefficient (Wildman–Crippen LogP) is 3.55. The molecule has 148 valence electrons. The van der Waals surface area contributed by atoms with E-state index in [9.17, 15) is 18.0 Å². The van der Waals surface area contributed by atoms with Crippen LogP contribution in [-0.2, 0) is 14.8 Å². The van der Waals surface area contributed by atoms with Gasteiger partial charge in [-0.2, -0.15) is 0 Å². The van der Waals surface area contributed by atoms with E-state index in [4.69, 9.17) is 4.74 Å². The molecule has 3 rings (SSSR count). The van der Waals surface area contributed by atoms with Crippen molar-refractivity contribution in [2.24, 2.45) is 0 Å². The van der Waals surface area contributed by atoms with Gasteiger partial charge in [-0.1, -0.05) is 48.5 Å². The lowest BCUT2D eigenvalue weighted by molar-refractivity contribution is 0.0474. The molecule has 7 heteroatoms. The smallest absolute Gasteiger partial charge is 0.338 e. The van der Waals surface area contributed by atoms with Gasteiger partial charge in [0.25, 0.3) is 10.0 Å². The number of nitrogens with zero attached hydrogens (tertiary/aromatic N) is 1. The molecule has 29 heavy (non-hydrogen) atoms. The molecule has 0 aliphatic carbocycles. The predicted molar refractivity (Wildman–Crippen MR) is 110 cm³/mol. The molecule has 0 radical (unpaired) electrons. The number of Topliss-reactive ketones (excluding diaryl/α,β-unsaturated/α-hetero) is 1. The summed E-state index contributed by atoms with van der Waals surface area (Å²) < 4.78 is 31.7. The van der Waals surface area contributed by atoms with Crippen LogP contribution in [0.5, 0.6) is 0 Å². The minimum atomic E-state index is -3.77. The fourth-order valence-electron chi connectivity index (χ4n) is 2.62. The van der Waals surface area contributed by atoms with Crippen LogP contribution in [0.2, 0.25) is 0 Å². The summed E-state index contributed by atoms with van der Waals surface area (Å²) in [6.45, 7) is -0.389. The van der Waals surface area contributed by atoms with Gasteiger partial charge in [-0.15, -0.1) is 0 Å². The molecular formula is C22H19NO5S. The highest BCUT2D eigenvalue weighted by Crippen LogP contribution is 2.22. The molecule has 3 aromatic rings. The third-order valence-corrected chi connectivity index (χ3v) is 6.10. The van der Waals surface area contributed by atoms with Gasteiger partial charge in [0.15, 0.2) is 12.4 Å². The number of carbonyl (C=O) groups excluding carboxylic acids is 2. The van der Waals surface area contributed by atoms with Gasteiger partial charge in [-0.25, -0.2) is 13.2 Å². The number of hydrogen-bond acceptors (Lipinski definition) is 5. The number of esters is 1. The fourth-order valence-corrected chi connectivity index (χ4v) is 3.82. The monoisotopic (exact) mass is 409 g/mol. The highest BCUT2D eigenvalue weighted by Gasteiger charge is 2.21. The number of hydrogen-bond donors (Lipinski definition) is 0. The minimum Gasteiger partial charge on any atom is -0.454 e. The Bertz CT molecular complexity index is 1090. The highest BCUT2D eigenvalue weighted by molar-refractivity contribution is 7.92. The maximum absolute atomic E-state index is 12.8. The summed E-state index contributed by atoms with van der Waals surface area (Å²) in [5.41, 5.74) is 1.13. The Balaban J connectivity index is 1.68. The van der Waals surface area contributed by atoms with Crippen LogP contribution in [0.25, 0.3) is 0 Å². The van der Waals surface area contributed by atoms with Gasteiger partial charge in [0.2, 0.25) is 0 Å². The Hall–Kier alpha value is -3.45. The van der Waals surface area contributed by atoms with E-state index >= 15 is 0 Å². The van der Waals surface area contributed by atoms with Crippen molar-refractivity contribution in [3.63, 3.8) is 0 Å². The van der Waals surface area contributed by atoms with E-state index in [0.717, 1.165) is 0 Å². The van der Waals surface area contributed by atoms with Gasteiger partial charge in [-0.3, -0.25) is 9.10 Å². The molecule has 0 saturated heterocycles. The van der Waals surface area contributed by atoms with Crippen molar-refractivity contribution < 1.29 is 22.7 Å². The second-order valence-corrected chi connectivity index (χ2v) is 8.17. The zero-order valence-corrected chi connectivity index (χ0v) is 16.5. The maximum atomic E-state index is 12.8. The molecule has 0 saturated carbocycles. The molecule has 6 nitrogen and oxygen atoms in total. The Kier molecular flexibility index (Phi) is 6.09. The zero-order valence-electron chi connectivity index (χ0n) is 15.7. The summed E-state index contributed by atoms with van der Waals surface area (Å²) in [7, 11) is -2.31. The highest BCUT2D eigenvalue weighted by atomic mass is 32.2. The summed E-state index contributed by atoms with van der Waals surface area (Å²) in [4.78, 5) is 24.2. The first-order valence-corrected chi connectivity index (χ1v) is 10.2. The van der Waals surface area contributed by atoms with Crippen molar-refractivity contribution in [1.82, 2.24) is 0 Å². The SMILES string of the molecule is CN(c1ccccc1)S(=O)(=O)c1ccc(C(=O)OCC(=O)c2ccccc2)cc1. The van der Waals surface area contributed by atoms with Crippen molar-refractivity contribution in [1.29, 1.82) is 0 Å². The topological polar surface area (TPSA) is 80.8 Å². The van der Waals surface area contributed by atoms with Crippen LogP contribution < -0.4 is 4.31 Å². The molecule has 0 aliphatic rings. The minimum absolute atomic E-state index is 0.0424. The molecule has 0 atom stereocenters. The Morgan fingerprint density at radius 2 is 1.34 bits per heavy atom. The average molecular weight is 409 g/mol. The molecule has 0 bridgehead atoms. The second kappa shape index (κ2) is 8.70. The number of anilines is 1. The lowest BCUT2D eigenvalue weighted by atomic mass is 10.1. The Morgan fingerprint density at radius 1 is 0.793 bits per heavy atom. The van der Waals surface area contributed by atoms with E-state index < -0.39 is 16.0 Å². The third kappa shape index (κ3) is 4.70. The number of rotatable bonds is 7. The van der Waals surface area contributed by atoms with Crippen LogP contribution >= 0.6 is 0 Å². The van der Waals surface area contributed by atoms with Crippen LogP contribution in [0.4, 0.5) is 5.69 Å². The molecule has 3 aromatic carbocycles. The van der Waals surface area contributed by atoms with Crippen LogP contribution in [0.15, 0.2) is 89.8 Å². The summed E-state index contributed by atoms with van der Waals surface area (Å²) >= 11 is 0. The molecule has 0 N–H and O–H groups in total. The largest absolute Gasteiger partial charge is 0.454 e. The maximum Gasteiger partial charge on any atom is 0.338 e. The van der Waals surface area contributed by atoms with Gasteiger partial charge in [0.1, 0.15) is 0 Å². The average Bonchev–Trinajstić information content (AvgIpc) is 2.78. The van der Waals surface area contributed by atoms with Gasteiger partial charge < -0.3 is 4.74 Å². The van der Waals surface area contributed by atoms with Crippen molar-refractivity contribution in [2.45, 2.75) is 4.90 Å². The van der Waals surface area contributed by atoms with Crippen molar-refractivity contribution in [2.75, 3.05) is 18.0 Å². The molecule has 0 amide bonds. The van der Waals surface area contributed by atoms with Crippen molar-refractivity contribution >= 4 is 27.5 Å². The van der Waals surface area contributed by atoms with E-state index in [1.165, 1.54) is 35.6 Å². The number of ketones is 1. The van der Waals surface area contributed by atoms with Crippen LogP contribution in [0, 0.1) is 0 Å². The lowest BCUT2D eigenvalue weighted by Crippen LogP contribution is -2.26. The van der Waals surface area contributed by atoms with E-state index in [1.807, 2.05) is 0 Å². The number of sulfonamides is 1. The molecular weight excluding hydrogens is 390 g/mol. The first-order valence-electron chi connectivity index (χ1n) is 8.79. The molecule has 0 unspecified atom stereocenters. The summed E-state index contributed by atoms with van der Waals surface area (Å²) in [5.74, 6) is -1.02. The molecule has 0 aliphatic heterocycles. The number of carbonyl (C=O) groups is 2. The molecule has 0 aromatic heterocycles. The van der Waals surface area contributed by atoms with Gasteiger partial charge in [0, 0.05) is 12.6 Å². The van der Waals surface area contributed by atoms with Crippen molar-refractivity contribution in [3.8, 4) is 0 Å². The third-order valence-electron chi connectivity index (χ3n) is 4.30. The van der Waals surface area contributed by atoms with Gasteiger partial charge in [0.05, 0.1) is 16.1 Å². The quantitative estimate of drug-likeness (QED) is 0.440. The Morgan fingerprint density at radius 3 is 1.93 bits per heavy atom. The zero-order chi connectivity index (χ0) is 20.9. The van der Waals surface area contributed by atoms with E-state index in [2.05, 4.69) is 0 Å². The van der Waals surface area contributed by atoms with E-state index in [-0.39, 0.29) is 22.8 Å². The number of ether oxygens (including phenoxy) is 1. The van der Waals surface area contributed by atoms with Gasteiger partial charge in [-0.05, 0) is 36.4 Å². The summed E-state index contributed by atoms with van der Waals surface area (Å²) in [6.07, 6.45) is 0. The van der Waals surface area contributed by atoms with Crippen LogP contribution in [0.3, 0.4) is 0 Å². The first-order chi connectivity index (χ1) is 13.9. The van der Waals surface area contributed by atoms with Gasteiger partial charge >= 0.3 is 5.97 Å². The fraction of sp³-hybridized carbons (Fsp3) is 0.0909. The summed E-state index contributed by atoms with van der Waals surface area (Å²) in [5, 5.41) is 0. The normalized spacial score (nSPS) is 10.9. The number of para-hydroxylation sites is 1. The second-order valence-electron chi connectivity index (χ2n) is 6.20. The molecule has 0 spiro atoms. The van der Waals surface area contributed by atoms with E-state index in [1.54, 1.807) is 60.7 Å². The number of benzene rings is 3.